The molecule has 0 aliphatic carbocycles. The van der Waals surface area contributed by atoms with E-state index in [-0.39, 0.29) is 10.8 Å². The zero-order valence-electron chi connectivity index (χ0n) is 17.2. The minimum atomic E-state index is -0.598. The lowest BCUT2D eigenvalue weighted by molar-refractivity contribution is -0.384. The van der Waals surface area contributed by atoms with E-state index in [2.05, 4.69) is 41.9 Å². The van der Waals surface area contributed by atoms with Gasteiger partial charge in [-0.05, 0) is 36.4 Å². The smallest absolute Gasteiger partial charge is 0.304 e. The molecule has 4 rings (SSSR count). The van der Waals surface area contributed by atoms with Crippen LogP contribution in [0.1, 0.15) is 5.56 Å². The summed E-state index contributed by atoms with van der Waals surface area (Å²) >= 11 is 9.35. The first-order chi connectivity index (χ1) is 16.4. The van der Waals surface area contributed by atoms with Gasteiger partial charge in [-0.1, -0.05) is 39.7 Å². The number of aromatic nitrogens is 3. The molecule has 4 aromatic rings. The van der Waals surface area contributed by atoms with E-state index in [1.54, 1.807) is 35.1 Å². The number of carbonyl (C=O) groups is 1. The van der Waals surface area contributed by atoms with Crippen molar-refractivity contribution in [1.82, 2.24) is 20.2 Å². The predicted molar refractivity (Wildman–Crippen MR) is 132 cm³/mol. The summed E-state index contributed by atoms with van der Waals surface area (Å²) in [6.07, 6.45) is 4.67. The number of hydrazone groups is 1. The van der Waals surface area contributed by atoms with Crippen molar-refractivity contribution < 1.29 is 9.72 Å². The van der Waals surface area contributed by atoms with Gasteiger partial charge in [-0.2, -0.15) is 10.2 Å². The van der Waals surface area contributed by atoms with Crippen molar-refractivity contribution in [3.05, 3.63) is 98.4 Å². The molecule has 10 nitrogen and oxygen atoms in total. The van der Waals surface area contributed by atoms with E-state index < -0.39 is 11.0 Å². The molecule has 0 fully saturated rings. The molecule has 0 unspecified atom stereocenters. The number of carbonyl (C=O) groups excluding carboxylic acids is 1. The summed E-state index contributed by atoms with van der Waals surface area (Å²) in [4.78, 5) is 26.5. The van der Waals surface area contributed by atoms with Crippen LogP contribution < -0.4 is 10.7 Å². The van der Waals surface area contributed by atoms with Crippen molar-refractivity contribution in [3.63, 3.8) is 0 Å². The minimum absolute atomic E-state index is 0.0187. The van der Waals surface area contributed by atoms with Gasteiger partial charge in [0.1, 0.15) is 5.69 Å². The molecule has 34 heavy (non-hydrogen) atoms. The first-order valence-electron chi connectivity index (χ1n) is 9.72. The highest BCUT2D eigenvalue weighted by molar-refractivity contribution is 9.10. The maximum atomic E-state index is 12.2. The Balaban J connectivity index is 1.59. The Hall–Kier alpha value is -4.09. The van der Waals surface area contributed by atoms with Crippen LogP contribution in [0.4, 0.5) is 16.2 Å². The normalized spacial score (nSPS) is 10.9. The standard InChI is InChI=1S/C22H15BrClN7O3/c23-16-5-3-14(4-6-16)20-15(12-26-28-22(32)27-19-2-1-11-25-21(19)24)13-30(29-20)17-7-9-18(10-8-17)31(33)34/h1-13H,(H2,27,28,32)/b26-12+. The molecule has 0 saturated heterocycles. The molecular weight excluding hydrogens is 526 g/mol. The quantitative estimate of drug-likeness (QED) is 0.146. The van der Waals surface area contributed by atoms with Crippen LogP contribution in [0, 0.1) is 10.1 Å². The second-order valence-electron chi connectivity index (χ2n) is 6.82. The fourth-order valence-corrected chi connectivity index (χ4v) is 3.39. The Morgan fingerprint density at radius 2 is 1.88 bits per heavy atom. The van der Waals surface area contributed by atoms with Crippen molar-refractivity contribution >= 4 is 51.2 Å². The summed E-state index contributed by atoms with van der Waals surface area (Å²) in [5, 5.41) is 22.3. The van der Waals surface area contributed by atoms with E-state index in [0.29, 0.717) is 22.6 Å². The van der Waals surface area contributed by atoms with Crippen molar-refractivity contribution in [2.24, 2.45) is 5.10 Å². The number of rotatable bonds is 6. The molecule has 2 aromatic carbocycles. The van der Waals surface area contributed by atoms with Crippen LogP contribution in [0.2, 0.25) is 5.15 Å². The van der Waals surface area contributed by atoms with Crippen molar-refractivity contribution in [2.45, 2.75) is 0 Å². The number of nitrogens with one attached hydrogen (secondary N) is 2. The van der Waals surface area contributed by atoms with Gasteiger partial charge in [-0.3, -0.25) is 10.1 Å². The molecule has 0 saturated carbocycles. The van der Waals surface area contributed by atoms with Crippen molar-refractivity contribution in [1.29, 1.82) is 0 Å². The second-order valence-corrected chi connectivity index (χ2v) is 8.10. The topological polar surface area (TPSA) is 127 Å². The molecule has 0 aliphatic rings. The molecule has 0 spiro atoms. The SMILES string of the molecule is O=C(N/N=C/c1cn(-c2ccc([N+](=O)[O-])cc2)nc1-c1ccc(Br)cc1)Nc1cccnc1Cl. The lowest BCUT2D eigenvalue weighted by atomic mass is 10.1. The van der Waals surface area contributed by atoms with Crippen LogP contribution in [0.5, 0.6) is 0 Å². The molecule has 0 radical (unpaired) electrons. The number of nitrogens with zero attached hydrogens (tertiary/aromatic N) is 5. The van der Waals surface area contributed by atoms with Crippen LogP contribution in [0.3, 0.4) is 0 Å². The third-order valence-corrected chi connectivity index (χ3v) is 5.39. The van der Waals surface area contributed by atoms with E-state index in [4.69, 9.17) is 11.6 Å². The molecule has 2 heterocycles. The van der Waals surface area contributed by atoms with Gasteiger partial charge in [-0.25, -0.2) is 19.9 Å². The lowest BCUT2D eigenvalue weighted by Gasteiger charge is -2.04. The first-order valence-corrected chi connectivity index (χ1v) is 10.9. The molecule has 2 N–H and O–H groups in total. The van der Waals surface area contributed by atoms with E-state index in [1.165, 1.54) is 24.5 Å². The third-order valence-electron chi connectivity index (χ3n) is 4.56. The number of nitro groups is 1. The number of hydrogen-bond donors (Lipinski definition) is 2. The molecule has 0 aliphatic heterocycles. The molecule has 170 valence electrons. The fraction of sp³-hybridized carbons (Fsp3) is 0. The Bertz CT molecular complexity index is 1370. The number of benzene rings is 2. The van der Waals surface area contributed by atoms with Crippen LogP contribution in [0.15, 0.2) is 82.6 Å². The van der Waals surface area contributed by atoms with Crippen LogP contribution in [-0.2, 0) is 0 Å². The maximum absolute atomic E-state index is 12.2. The van der Waals surface area contributed by atoms with Gasteiger partial charge in [0.15, 0.2) is 5.15 Å². The predicted octanol–water partition coefficient (Wildman–Crippen LogP) is 5.41. The average molecular weight is 541 g/mol. The highest BCUT2D eigenvalue weighted by atomic mass is 79.9. The Morgan fingerprint density at radius 3 is 2.56 bits per heavy atom. The number of anilines is 1. The number of halogens is 2. The molecule has 0 bridgehead atoms. The van der Waals surface area contributed by atoms with E-state index >= 15 is 0 Å². The fourth-order valence-electron chi connectivity index (χ4n) is 2.96. The number of urea groups is 1. The van der Waals surface area contributed by atoms with E-state index in [0.717, 1.165) is 10.0 Å². The molecular formula is C22H15BrClN7O3. The Morgan fingerprint density at radius 1 is 1.15 bits per heavy atom. The summed E-state index contributed by atoms with van der Waals surface area (Å²) in [5.74, 6) is 0. The summed E-state index contributed by atoms with van der Waals surface area (Å²) in [6, 6.07) is 16.2. The van der Waals surface area contributed by atoms with E-state index in [9.17, 15) is 14.9 Å². The summed E-state index contributed by atoms with van der Waals surface area (Å²) in [5.41, 5.74) is 5.36. The number of hydrogen-bond acceptors (Lipinski definition) is 6. The van der Waals surface area contributed by atoms with Gasteiger partial charge >= 0.3 is 6.03 Å². The van der Waals surface area contributed by atoms with Gasteiger partial charge < -0.3 is 5.32 Å². The van der Waals surface area contributed by atoms with Gasteiger partial charge in [0.25, 0.3) is 5.69 Å². The molecule has 0 atom stereocenters. The summed E-state index contributed by atoms with van der Waals surface area (Å²) < 4.78 is 2.49. The highest BCUT2D eigenvalue weighted by Crippen LogP contribution is 2.25. The monoisotopic (exact) mass is 539 g/mol. The lowest BCUT2D eigenvalue weighted by Crippen LogP contribution is -2.24. The molecule has 2 aromatic heterocycles. The van der Waals surface area contributed by atoms with Gasteiger partial charge in [-0.15, -0.1) is 0 Å². The zero-order valence-corrected chi connectivity index (χ0v) is 19.6. The van der Waals surface area contributed by atoms with Crippen molar-refractivity contribution in [2.75, 3.05) is 5.32 Å². The maximum Gasteiger partial charge on any atom is 0.339 e. The highest BCUT2D eigenvalue weighted by Gasteiger charge is 2.13. The van der Waals surface area contributed by atoms with Crippen LogP contribution in [0.25, 0.3) is 16.9 Å². The van der Waals surface area contributed by atoms with Gasteiger partial charge in [0, 0.05) is 40.1 Å². The summed E-state index contributed by atoms with van der Waals surface area (Å²) in [6.45, 7) is 0. The minimum Gasteiger partial charge on any atom is -0.304 e. The van der Waals surface area contributed by atoms with Crippen molar-refractivity contribution in [3.8, 4) is 16.9 Å². The van der Waals surface area contributed by atoms with Gasteiger partial charge in [0.2, 0.25) is 0 Å². The Kier molecular flexibility index (Phi) is 6.95. The average Bonchev–Trinajstić information content (AvgIpc) is 3.25. The zero-order chi connectivity index (χ0) is 24.1. The number of amides is 2. The number of nitro benzene ring substituents is 1. The largest absolute Gasteiger partial charge is 0.339 e. The van der Waals surface area contributed by atoms with Crippen LogP contribution >= 0.6 is 27.5 Å². The van der Waals surface area contributed by atoms with Gasteiger partial charge in [0.05, 0.1) is 22.5 Å². The first kappa shape index (κ1) is 23.1. The van der Waals surface area contributed by atoms with Crippen LogP contribution in [-0.4, -0.2) is 31.9 Å². The Labute approximate surface area is 206 Å². The number of non-ortho nitro benzene ring substituents is 1. The second kappa shape index (κ2) is 10.2. The third kappa shape index (κ3) is 5.45. The summed E-state index contributed by atoms with van der Waals surface area (Å²) in [7, 11) is 0. The molecule has 2 amide bonds. The van der Waals surface area contributed by atoms with E-state index in [1.807, 2.05) is 24.3 Å². The number of pyridine rings is 1. The molecule has 12 heteroatoms.